The standard InChI is InChI=1S/C24H22O4/c1-3-15(16(4-2)24(27)28)23-20-11-7-5-9-17(20)19(13-14-22(25)26)18-10-6-8-12-21(18)23/h5-14H,3-4H2,1-2H3,(H,25,26)(H,27,28). The van der Waals surface area contributed by atoms with Gasteiger partial charge in [-0.3, -0.25) is 0 Å². The Labute approximate surface area is 163 Å². The number of hydrogen-bond donors (Lipinski definition) is 2. The van der Waals surface area contributed by atoms with Crippen LogP contribution in [0, 0.1) is 0 Å². The average molecular weight is 374 g/mol. The third-order valence-electron chi connectivity index (χ3n) is 5.00. The van der Waals surface area contributed by atoms with Gasteiger partial charge in [0.2, 0.25) is 0 Å². The predicted octanol–water partition coefficient (Wildman–Crippen LogP) is 5.75. The second-order valence-electron chi connectivity index (χ2n) is 6.52. The Morgan fingerprint density at radius 1 is 0.821 bits per heavy atom. The number of carboxylic acids is 2. The van der Waals surface area contributed by atoms with Crippen LogP contribution in [0.25, 0.3) is 33.2 Å². The molecule has 0 heterocycles. The Morgan fingerprint density at radius 3 is 1.71 bits per heavy atom. The average Bonchev–Trinajstić information content (AvgIpc) is 2.69. The van der Waals surface area contributed by atoms with Gasteiger partial charge in [-0.1, -0.05) is 62.4 Å². The summed E-state index contributed by atoms with van der Waals surface area (Å²) in [6.45, 7) is 3.82. The predicted molar refractivity (Wildman–Crippen MR) is 113 cm³/mol. The molecule has 0 radical (unpaired) electrons. The van der Waals surface area contributed by atoms with Crippen LogP contribution >= 0.6 is 0 Å². The van der Waals surface area contributed by atoms with E-state index in [9.17, 15) is 14.7 Å². The monoisotopic (exact) mass is 374 g/mol. The summed E-state index contributed by atoms with van der Waals surface area (Å²) in [6.07, 6.45) is 3.78. The molecular formula is C24H22O4. The van der Waals surface area contributed by atoms with Crippen molar-refractivity contribution >= 4 is 45.1 Å². The highest BCUT2D eigenvalue weighted by molar-refractivity contribution is 6.16. The lowest BCUT2D eigenvalue weighted by atomic mass is 9.85. The molecule has 0 atom stereocenters. The van der Waals surface area contributed by atoms with Crippen molar-refractivity contribution in [3.8, 4) is 0 Å². The minimum Gasteiger partial charge on any atom is -0.478 e. The van der Waals surface area contributed by atoms with Gasteiger partial charge < -0.3 is 10.2 Å². The maximum Gasteiger partial charge on any atom is 0.331 e. The largest absolute Gasteiger partial charge is 0.478 e. The van der Waals surface area contributed by atoms with E-state index in [1.54, 1.807) is 6.08 Å². The number of benzene rings is 3. The molecular weight excluding hydrogens is 352 g/mol. The Balaban J connectivity index is 2.56. The van der Waals surface area contributed by atoms with Crippen molar-refractivity contribution in [2.24, 2.45) is 0 Å². The Kier molecular flexibility index (Phi) is 5.59. The van der Waals surface area contributed by atoms with Crippen LogP contribution in [0.1, 0.15) is 37.8 Å². The van der Waals surface area contributed by atoms with Crippen LogP contribution in [-0.2, 0) is 9.59 Å². The summed E-state index contributed by atoms with van der Waals surface area (Å²) >= 11 is 0. The minimum atomic E-state index is -1.01. The molecule has 3 rings (SSSR count). The second-order valence-corrected chi connectivity index (χ2v) is 6.52. The highest BCUT2D eigenvalue weighted by Gasteiger charge is 2.19. The number of fused-ring (bicyclic) bond motifs is 2. The van der Waals surface area contributed by atoms with E-state index >= 15 is 0 Å². The Bertz CT molecular complexity index is 1080. The maximum atomic E-state index is 11.9. The van der Waals surface area contributed by atoms with Gasteiger partial charge in [0.25, 0.3) is 0 Å². The molecule has 3 aromatic rings. The van der Waals surface area contributed by atoms with Gasteiger partial charge in [-0.2, -0.15) is 0 Å². The third kappa shape index (κ3) is 3.41. The molecule has 28 heavy (non-hydrogen) atoms. The molecule has 142 valence electrons. The normalized spacial score (nSPS) is 12.5. The van der Waals surface area contributed by atoms with Crippen LogP contribution in [-0.4, -0.2) is 22.2 Å². The van der Waals surface area contributed by atoms with E-state index in [2.05, 4.69) is 0 Å². The first-order chi connectivity index (χ1) is 13.5. The lowest BCUT2D eigenvalue weighted by molar-refractivity contribution is -0.133. The zero-order valence-electron chi connectivity index (χ0n) is 15.9. The zero-order valence-corrected chi connectivity index (χ0v) is 15.9. The van der Waals surface area contributed by atoms with Gasteiger partial charge in [-0.25, -0.2) is 9.59 Å². The van der Waals surface area contributed by atoms with E-state index in [1.807, 2.05) is 62.4 Å². The molecule has 0 aromatic heterocycles. The summed E-state index contributed by atoms with van der Waals surface area (Å²) in [5, 5.41) is 22.5. The molecule has 4 nitrogen and oxygen atoms in total. The molecule has 0 spiro atoms. The number of hydrogen-bond acceptors (Lipinski definition) is 2. The summed E-state index contributed by atoms with van der Waals surface area (Å²) in [6, 6.07) is 15.5. The molecule has 0 aliphatic carbocycles. The number of carbonyl (C=O) groups is 2. The summed E-state index contributed by atoms with van der Waals surface area (Å²) in [5.74, 6) is -1.91. The number of aliphatic carboxylic acids is 2. The smallest absolute Gasteiger partial charge is 0.331 e. The Morgan fingerprint density at radius 2 is 1.32 bits per heavy atom. The summed E-state index contributed by atoms with van der Waals surface area (Å²) < 4.78 is 0. The molecule has 0 fully saturated rings. The first-order valence-electron chi connectivity index (χ1n) is 9.29. The second kappa shape index (κ2) is 8.09. The van der Waals surface area contributed by atoms with Crippen molar-refractivity contribution in [3.63, 3.8) is 0 Å². The first-order valence-corrected chi connectivity index (χ1v) is 9.29. The quantitative estimate of drug-likeness (QED) is 0.425. The van der Waals surface area contributed by atoms with Gasteiger partial charge in [-0.15, -0.1) is 0 Å². The maximum absolute atomic E-state index is 11.9. The van der Waals surface area contributed by atoms with Crippen molar-refractivity contribution in [3.05, 3.63) is 71.3 Å². The van der Waals surface area contributed by atoms with E-state index in [-0.39, 0.29) is 0 Å². The van der Waals surface area contributed by atoms with Crippen LogP contribution in [0.4, 0.5) is 0 Å². The van der Waals surface area contributed by atoms with Crippen molar-refractivity contribution < 1.29 is 19.8 Å². The van der Waals surface area contributed by atoms with Gasteiger partial charge in [0.15, 0.2) is 0 Å². The molecule has 0 unspecified atom stereocenters. The fourth-order valence-corrected chi connectivity index (χ4v) is 3.86. The molecule has 3 aromatic carbocycles. The molecule has 0 bridgehead atoms. The van der Waals surface area contributed by atoms with E-state index in [1.165, 1.54) is 0 Å². The van der Waals surface area contributed by atoms with Crippen molar-refractivity contribution in [2.75, 3.05) is 0 Å². The van der Waals surface area contributed by atoms with E-state index in [0.717, 1.165) is 44.3 Å². The Hall–Kier alpha value is -3.40. The van der Waals surface area contributed by atoms with E-state index in [0.29, 0.717) is 18.4 Å². The molecule has 0 aliphatic rings. The van der Waals surface area contributed by atoms with Gasteiger partial charge >= 0.3 is 11.9 Å². The van der Waals surface area contributed by atoms with Crippen LogP contribution in [0.5, 0.6) is 0 Å². The van der Waals surface area contributed by atoms with Gasteiger partial charge in [0.05, 0.1) is 0 Å². The van der Waals surface area contributed by atoms with E-state index in [4.69, 9.17) is 5.11 Å². The van der Waals surface area contributed by atoms with Gasteiger partial charge in [-0.05, 0) is 57.2 Å². The van der Waals surface area contributed by atoms with Crippen molar-refractivity contribution in [1.82, 2.24) is 0 Å². The number of rotatable bonds is 6. The lowest BCUT2D eigenvalue weighted by Crippen LogP contribution is -2.04. The van der Waals surface area contributed by atoms with E-state index < -0.39 is 11.9 Å². The van der Waals surface area contributed by atoms with Crippen molar-refractivity contribution in [2.45, 2.75) is 26.7 Å². The van der Waals surface area contributed by atoms with Crippen LogP contribution in [0.15, 0.2) is 60.2 Å². The minimum absolute atomic E-state index is 0.409. The topological polar surface area (TPSA) is 74.6 Å². The molecule has 0 saturated carbocycles. The molecule has 4 heteroatoms. The number of carboxylic acid groups (broad SMARTS) is 2. The van der Waals surface area contributed by atoms with Gasteiger partial charge in [0, 0.05) is 11.6 Å². The third-order valence-corrected chi connectivity index (χ3v) is 5.00. The summed E-state index contributed by atoms with van der Waals surface area (Å²) in [4.78, 5) is 23.0. The molecule has 0 aliphatic heterocycles. The molecule has 0 amide bonds. The molecule has 0 saturated heterocycles. The fraction of sp³-hybridized carbons (Fsp3) is 0.167. The highest BCUT2D eigenvalue weighted by Crippen LogP contribution is 2.40. The summed E-state index contributed by atoms with van der Waals surface area (Å²) in [5.41, 5.74) is 2.96. The first kappa shape index (κ1) is 19.4. The zero-order chi connectivity index (χ0) is 20.3. The van der Waals surface area contributed by atoms with Crippen LogP contribution < -0.4 is 0 Å². The number of allylic oxidation sites excluding steroid dienone is 1. The fourth-order valence-electron chi connectivity index (χ4n) is 3.86. The van der Waals surface area contributed by atoms with Crippen molar-refractivity contribution in [1.29, 1.82) is 0 Å². The molecule has 2 N–H and O–H groups in total. The lowest BCUT2D eigenvalue weighted by Gasteiger charge is -2.18. The van der Waals surface area contributed by atoms with Crippen LogP contribution in [0.2, 0.25) is 0 Å². The highest BCUT2D eigenvalue weighted by atomic mass is 16.4. The van der Waals surface area contributed by atoms with Gasteiger partial charge in [0.1, 0.15) is 0 Å². The van der Waals surface area contributed by atoms with Crippen LogP contribution in [0.3, 0.4) is 0 Å². The summed E-state index contributed by atoms with van der Waals surface area (Å²) in [7, 11) is 0. The SMILES string of the molecule is CCC(C(=O)O)=C(CC)c1c2ccccc2c(C=CC(=O)O)c2ccccc12.